The molecule has 0 aromatic heterocycles. The largest absolute Gasteiger partial charge is 0.452 e. The Morgan fingerprint density at radius 1 is 1.31 bits per heavy atom. The van der Waals surface area contributed by atoms with E-state index in [0.717, 1.165) is 0 Å². The highest BCUT2D eigenvalue weighted by Crippen LogP contribution is 2.27. The van der Waals surface area contributed by atoms with Crippen LogP contribution < -0.4 is 4.74 Å². The lowest BCUT2D eigenvalue weighted by Gasteiger charge is -2.09. The summed E-state index contributed by atoms with van der Waals surface area (Å²) in [6.45, 7) is 0. The molecule has 1 aromatic rings. The number of nitrogens with zero attached hydrogens (tertiary/aromatic N) is 1. The van der Waals surface area contributed by atoms with Crippen LogP contribution in [0, 0.1) is 0 Å². The van der Waals surface area contributed by atoms with Gasteiger partial charge in [0.15, 0.2) is 12.0 Å². The van der Waals surface area contributed by atoms with Crippen molar-refractivity contribution in [3.63, 3.8) is 0 Å². The van der Waals surface area contributed by atoms with Gasteiger partial charge in [-0.15, -0.1) is 0 Å². The molecule has 3 nitrogen and oxygen atoms in total. The van der Waals surface area contributed by atoms with E-state index >= 15 is 0 Å². The zero-order valence-electron chi connectivity index (χ0n) is 8.91. The number of carbonyl (C=O) groups excluding carboxylic acids is 1. The topological polar surface area (TPSA) is 29.5 Å². The average Bonchev–Trinajstić information content (AvgIpc) is 2.22. The van der Waals surface area contributed by atoms with Crippen molar-refractivity contribution in [1.82, 2.24) is 4.90 Å². The first kappa shape index (κ1) is 12.9. The molecule has 0 aliphatic carbocycles. The van der Waals surface area contributed by atoms with E-state index < -0.39 is 0 Å². The number of rotatable bonds is 4. The molecule has 1 rings (SSSR count). The first-order valence-electron chi connectivity index (χ1n) is 4.49. The Kier molecular flexibility index (Phi) is 4.65. The van der Waals surface area contributed by atoms with Crippen molar-refractivity contribution in [2.45, 2.75) is 0 Å². The summed E-state index contributed by atoms with van der Waals surface area (Å²) in [7, 11) is 3.59. The minimum absolute atomic E-state index is 0.198. The second-order valence-electron chi connectivity index (χ2n) is 3.29. The Morgan fingerprint density at radius 3 is 2.50 bits per heavy atom. The fourth-order valence-corrected chi connectivity index (χ4v) is 1.30. The second kappa shape index (κ2) is 5.77. The third kappa shape index (κ3) is 3.76. The number of allylic oxidation sites excluding steroid dienone is 1. The lowest BCUT2D eigenvalue weighted by molar-refractivity contribution is -0.106. The molecule has 0 aliphatic heterocycles. The summed E-state index contributed by atoms with van der Waals surface area (Å²) < 4.78 is 5.32. The molecule has 0 amide bonds. The van der Waals surface area contributed by atoms with Gasteiger partial charge in [0, 0.05) is 26.4 Å². The van der Waals surface area contributed by atoms with Crippen LogP contribution in [0.15, 0.2) is 30.2 Å². The molecule has 5 heteroatoms. The molecule has 0 saturated carbocycles. The van der Waals surface area contributed by atoms with Gasteiger partial charge in [0.25, 0.3) is 0 Å². The van der Waals surface area contributed by atoms with E-state index in [1.165, 1.54) is 0 Å². The Morgan fingerprint density at radius 2 is 2.00 bits per heavy atom. The predicted octanol–water partition coefficient (Wildman–Crippen LogP) is 2.97. The number of carbonyl (C=O) groups is 1. The van der Waals surface area contributed by atoms with Crippen molar-refractivity contribution in [1.29, 1.82) is 0 Å². The summed E-state index contributed by atoms with van der Waals surface area (Å²) in [6.07, 6.45) is 2.19. The maximum atomic E-state index is 10.7. The molecular formula is C11H11Cl2NO2. The van der Waals surface area contributed by atoms with Gasteiger partial charge in [-0.05, 0) is 12.1 Å². The van der Waals surface area contributed by atoms with Crippen LogP contribution >= 0.6 is 23.2 Å². The zero-order valence-corrected chi connectivity index (χ0v) is 10.4. The maximum Gasteiger partial charge on any atom is 0.186 e. The van der Waals surface area contributed by atoms with Crippen LogP contribution in [0.5, 0.6) is 5.75 Å². The van der Waals surface area contributed by atoms with Crippen LogP contribution in [0.25, 0.3) is 0 Å². The molecule has 0 heterocycles. The minimum atomic E-state index is 0.198. The summed E-state index contributed by atoms with van der Waals surface area (Å²) in [6, 6.07) is 4.80. The fraction of sp³-hybridized carbons (Fsp3) is 0.182. The van der Waals surface area contributed by atoms with Crippen molar-refractivity contribution in [3.8, 4) is 5.75 Å². The van der Waals surface area contributed by atoms with E-state index in [1.807, 2.05) is 0 Å². The molecule has 0 N–H and O–H groups in total. The molecule has 0 fully saturated rings. The van der Waals surface area contributed by atoms with Gasteiger partial charge < -0.3 is 9.64 Å². The molecular weight excluding hydrogens is 249 g/mol. The number of ether oxygens (including phenoxy) is 1. The third-order valence-electron chi connectivity index (χ3n) is 1.63. The summed E-state index contributed by atoms with van der Waals surface area (Å²) in [5.74, 6) is 0.665. The minimum Gasteiger partial charge on any atom is -0.452 e. The van der Waals surface area contributed by atoms with E-state index in [-0.39, 0.29) is 5.76 Å². The smallest absolute Gasteiger partial charge is 0.186 e. The van der Waals surface area contributed by atoms with Crippen LogP contribution in [0.2, 0.25) is 10.0 Å². The maximum absolute atomic E-state index is 10.7. The Hall–Kier alpha value is -1.19. The standard InChI is InChI=1S/C11H11Cl2NO2/c1-14(2)6-9(7-15)16-8-3-4-10(12)11(13)5-8/h3-7H,1-2H3. The van der Waals surface area contributed by atoms with Crippen molar-refractivity contribution < 1.29 is 9.53 Å². The highest BCUT2D eigenvalue weighted by Gasteiger charge is 2.03. The Labute approximate surface area is 104 Å². The molecule has 0 saturated heterocycles. The van der Waals surface area contributed by atoms with Gasteiger partial charge in [0.1, 0.15) is 5.75 Å². The molecule has 86 valence electrons. The van der Waals surface area contributed by atoms with E-state index in [2.05, 4.69) is 0 Å². The van der Waals surface area contributed by atoms with Gasteiger partial charge in [0.2, 0.25) is 0 Å². The van der Waals surface area contributed by atoms with E-state index in [0.29, 0.717) is 22.1 Å². The van der Waals surface area contributed by atoms with E-state index in [4.69, 9.17) is 27.9 Å². The first-order valence-corrected chi connectivity index (χ1v) is 5.25. The zero-order chi connectivity index (χ0) is 12.1. The van der Waals surface area contributed by atoms with Crippen molar-refractivity contribution in [3.05, 3.63) is 40.2 Å². The lowest BCUT2D eigenvalue weighted by atomic mass is 10.3. The van der Waals surface area contributed by atoms with Gasteiger partial charge in [0.05, 0.1) is 10.0 Å². The summed E-state index contributed by atoms with van der Waals surface area (Å²) >= 11 is 11.6. The average molecular weight is 260 g/mol. The second-order valence-corrected chi connectivity index (χ2v) is 4.11. The monoisotopic (exact) mass is 259 g/mol. The molecule has 0 aliphatic rings. The lowest BCUT2D eigenvalue weighted by Crippen LogP contribution is -2.07. The summed E-state index contributed by atoms with van der Waals surface area (Å²) in [4.78, 5) is 12.4. The number of benzene rings is 1. The van der Waals surface area contributed by atoms with Crippen LogP contribution in [-0.4, -0.2) is 25.3 Å². The molecule has 16 heavy (non-hydrogen) atoms. The number of hydrogen-bond acceptors (Lipinski definition) is 3. The number of aldehydes is 1. The third-order valence-corrected chi connectivity index (χ3v) is 2.37. The van der Waals surface area contributed by atoms with Crippen LogP contribution in [-0.2, 0) is 4.79 Å². The Bertz CT molecular complexity index is 416. The highest BCUT2D eigenvalue weighted by atomic mass is 35.5. The summed E-state index contributed by atoms with van der Waals surface area (Å²) in [5.41, 5.74) is 0. The van der Waals surface area contributed by atoms with E-state index in [9.17, 15) is 4.79 Å². The molecule has 0 bridgehead atoms. The molecule has 0 spiro atoms. The molecule has 0 radical (unpaired) electrons. The Balaban J connectivity index is 2.86. The SMILES string of the molecule is CN(C)C=C(C=O)Oc1ccc(Cl)c(Cl)c1. The molecule has 1 aromatic carbocycles. The van der Waals surface area contributed by atoms with Gasteiger partial charge in [-0.2, -0.15) is 0 Å². The van der Waals surface area contributed by atoms with Crippen molar-refractivity contribution in [2.75, 3.05) is 14.1 Å². The van der Waals surface area contributed by atoms with Crippen LogP contribution in [0.4, 0.5) is 0 Å². The van der Waals surface area contributed by atoms with E-state index in [1.54, 1.807) is 43.4 Å². The van der Waals surface area contributed by atoms with Crippen molar-refractivity contribution >= 4 is 29.5 Å². The number of halogens is 2. The highest BCUT2D eigenvalue weighted by molar-refractivity contribution is 6.42. The van der Waals surface area contributed by atoms with Gasteiger partial charge in [-0.1, -0.05) is 23.2 Å². The fourth-order valence-electron chi connectivity index (χ4n) is 1.01. The first-order chi connectivity index (χ1) is 7.52. The van der Waals surface area contributed by atoms with Gasteiger partial charge >= 0.3 is 0 Å². The van der Waals surface area contributed by atoms with Crippen molar-refractivity contribution in [2.24, 2.45) is 0 Å². The normalized spacial score (nSPS) is 11.1. The van der Waals surface area contributed by atoms with Gasteiger partial charge in [-0.3, -0.25) is 4.79 Å². The summed E-state index contributed by atoms with van der Waals surface area (Å²) in [5, 5.41) is 0.826. The van der Waals surface area contributed by atoms with Gasteiger partial charge in [-0.25, -0.2) is 0 Å². The predicted molar refractivity (Wildman–Crippen MR) is 64.9 cm³/mol. The number of hydrogen-bond donors (Lipinski definition) is 0. The quantitative estimate of drug-likeness (QED) is 0.473. The molecule has 0 unspecified atom stereocenters. The molecule has 0 atom stereocenters. The van der Waals surface area contributed by atoms with Crippen LogP contribution in [0.3, 0.4) is 0 Å². The van der Waals surface area contributed by atoms with Crippen LogP contribution in [0.1, 0.15) is 0 Å².